The lowest BCUT2D eigenvalue weighted by Gasteiger charge is -2.06. The second-order valence-corrected chi connectivity index (χ2v) is 7.14. The number of rotatable bonds is 8. The maximum atomic E-state index is 12.3. The van der Waals surface area contributed by atoms with Crippen molar-refractivity contribution >= 4 is 46.7 Å². The van der Waals surface area contributed by atoms with Crippen LogP contribution in [0.5, 0.6) is 0 Å². The van der Waals surface area contributed by atoms with Gasteiger partial charge in [0.2, 0.25) is 0 Å². The molecule has 3 aromatic rings. The quantitative estimate of drug-likeness (QED) is 0.166. The zero-order chi connectivity index (χ0) is 23.8. The lowest BCUT2D eigenvalue weighted by molar-refractivity contribution is -0.384. The van der Waals surface area contributed by atoms with Crippen molar-refractivity contribution in [3.05, 3.63) is 111 Å². The summed E-state index contributed by atoms with van der Waals surface area (Å²) in [6.07, 6.45) is 2.38. The number of carbonyl (C=O) groups is 3. The maximum absolute atomic E-state index is 12.3. The van der Waals surface area contributed by atoms with E-state index in [1.807, 2.05) is 6.07 Å². The molecule has 8 nitrogen and oxygen atoms in total. The number of nitro groups is 1. The van der Waals surface area contributed by atoms with E-state index in [-0.39, 0.29) is 16.6 Å². The molecule has 0 spiro atoms. The van der Waals surface area contributed by atoms with Gasteiger partial charge in [-0.15, -0.1) is 0 Å². The number of ether oxygens (including phenoxy) is 1. The summed E-state index contributed by atoms with van der Waals surface area (Å²) in [5.74, 6) is -1.49. The third-order valence-electron chi connectivity index (χ3n) is 4.42. The SMILES string of the molecule is O=C(/C=C/c1ccc(Cl)c([N+](=O)[O-])c1)OCC(=O)c1ccc(NC(=O)c2ccccc2)cc1. The molecule has 0 aliphatic rings. The summed E-state index contributed by atoms with van der Waals surface area (Å²) < 4.78 is 4.93. The number of esters is 1. The average Bonchev–Trinajstić information content (AvgIpc) is 2.82. The lowest BCUT2D eigenvalue weighted by atomic mass is 10.1. The smallest absolute Gasteiger partial charge is 0.331 e. The molecule has 0 unspecified atom stereocenters. The third-order valence-corrected chi connectivity index (χ3v) is 4.74. The number of amides is 1. The van der Waals surface area contributed by atoms with Crippen LogP contribution in [0.1, 0.15) is 26.3 Å². The van der Waals surface area contributed by atoms with Crippen molar-refractivity contribution in [2.45, 2.75) is 0 Å². The molecule has 3 rings (SSSR count). The molecule has 0 radical (unpaired) electrons. The van der Waals surface area contributed by atoms with Crippen LogP contribution < -0.4 is 5.32 Å². The Labute approximate surface area is 193 Å². The number of carbonyl (C=O) groups excluding carboxylic acids is 3. The van der Waals surface area contributed by atoms with E-state index in [2.05, 4.69) is 5.32 Å². The van der Waals surface area contributed by atoms with Gasteiger partial charge in [0.25, 0.3) is 11.6 Å². The first-order valence-corrected chi connectivity index (χ1v) is 10.00. The number of hydrogen-bond donors (Lipinski definition) is 1. The van der Waals surface area contributed by atoms with E-state index in [9.17, 15) is 24.5 Å². The van der Waals surface area contributed by atoms with Crippen molar-refractivity contribution in [1.29, 1.82) is 0 Å². The minimum atomic E-state index is -0.785. The Morgan fingerprint density at radius 3 is 2.33 bits per heavy atom. The largest absolute Gasteiger partial charge is 0.454 e. The summed E-state index contributed by atoms with van der Waals surface area (Å²) in [7, 11) is 0. The highest BCUT2D eigenvalue weighted by Crippen LogP contribution is 2.25. The Morgan fingerprint density at radius 2 is 1.67 bits per heavy atom. The second kappa shape index (κ2) is 10.8. The Morgan fingerprint density at radius 1 is 0.970 bits per heavy atom. The molecule has 0 saturated carbocycles. The van der Waals surface area contributed by atoms with Crippen LogP contribution in [-0.4, -0.2) is 29.2 Å². The van der Waals surface area contributed by atoms with Gasteiger partial charge in [-0.2, -0.15) is 0 Å². The molecule has 0 atom stereocenters. The number of halogens is 1. The number of nitrogens with zero attached hydrogens (tertiary/aromatic N) is 1. The molecule has 0 aliphatic carbocycles. The molecule has 3 aromatic carbocycles. The molecule has 166 valence electrons. The summed E-state index contributed by atoms with van der Waals surface area (Å²) in [6.45, 7) is -0.486. The molecule has 0 saturated heterocycles. The van der Waals surface area contributed by atoms with Gasteiger partial charge in [-0.1, -0.05) is 35.9 Å². The van der Waals surface area contributed by atoms with E-state index in [1.54, 1.807) is 36.4 Å². The zero-order valence-corrected chi connectivity index (χ0v) is 17.8. The van der Waals surface area contributed by atoms with Crippen LogP contribution in [0.4, 0.5) is 11.4 Å². The van der Waals surface area contributed by atoms with Crippen LogP contribution in [0.3, 0.4) is 0 Å². The predicted octanol–water partition coefficient (Wildman–Crippen LogP) is 4.94. The van der Waals surface area contributed by atoms with Crippen LogP contribution >= 0.6 is 11.6 Å². The Bertz CT molecular complexity index is 1220. The Kier molecular flexibility index (Phi) is 7.67. The van der Waals surface area contributed by atoms with Gasteiger partial charge in [0.15, 0.2) is 12.4 Å². The topological polar surface area (TPSA) is 116 Å². The number of nitro benzene ring substituents is 1. The van der Waals surface area contributed by atoms with Crippen molar-refractivity contribution in [2.24, 2.45) is 0 Å². The van der Waals surface area contributed by atoms with Crippen molar-refractivity contribution in [1.82, 2.24) is 0 Å². The standard InChI is InChI=1S/C24H17ClN2O6/c25-20-12-6-16(14-21(20)27(31)32)7-13-23(29)33-15-22(28)17-8-10-19(11-9-17)26-24(30)18-4-2-1-3-5-18/h1-14H,15H2,(H,26,30)/b13-7+. The summed E-state index contributed by atoms with van der Waals surface area (Å²) in [5.41, 5.74) is 1.41. The molecular weight excluding hydrogens is 448 g/mol. The molecule has 1 amide bonds. The van der Waals surface area contributed by atoms with Crippen LogP contribution in [0.25, 0.3) is 6.08 Å². The second-order valence-electron chi connectivity index (χ2n) is 6.73. The molecule has 0 aromatic heterocycles. The molecule has 1 N–H and O–H groups in total. The van der Waals surface area contributed by atoms with Crippen molar-refractivity contribution < 1.29 is 24.0 Å². The molecule has 0 heterocycles. The van der Waals surface area contributed by atoms with Gasteiger partial charge < -0.3 is 10.1 Å². The van der Waals surface area contributed by atoms with Crippen LogP contribution in [0.2, 0.25) is 5.02 Å². The number of nitrogens with one attached hydrogen (secondary N) is 1. The fourth-order valence-corrected chi connectivity index (χ4v) is 2.92. The highest BCUT2D eigenvalue weighted by atomic mass is 35.5. The minimum absolute atomic E-state index is 0.0176. The number of ketones is 1. The number of benzene rings is 3. The molecule has 0 bridgehead atoms. The maximum Gasteiger partial charge on any atom is 0.331 e. The van der Waals surface area contributed by atoms with Crippen LogP contribution in [0.15, 0.2) is 78.9 Å². The first-order chi connectivity index (χ1) is 15.8. The van der Waals surface area contributed by atoms with Gasteiger partial charge in [-0.05, 0) is 54.1 Å². The van der Waals surface area contributed by atoms with Gasteiger partial charge in [0.05, 0.1) is 4.92 Å². The monoisotopic (exact) mass is 464 g/mol. The van der Waals surface area contributed by atoms with Crippen LogP contribution in [-0.2, 0) is 9.53 Å². The normalized spacial score (nSPS) is 10.6. The number of anilines is 1. The van der Waals surface area contributed by atoms with E-state index < -0.39 is 23.3 Å². The highest BCUT2D eigenvalue weighted by Gasteiger charge is 2.13. The Hall–Kier alpha value is -4.30. The van der Waals surface area contributed by atoms with Gasteiger partial charge in [-0.3, -0.25) is 19.7 Å². The van der Waals surface area contributed by atoms with Gasteiger partial charge in [0, 0.05) is 29.0 Å². The molecule has 9 heteroatoms. The summed E-state index contributed by atoms with van der Waals surface area (Å²) >= 11 is 5.74. The molecule has 0 fully saturated rings. The molecular formula is C24H17ClN2O6. The van der Waals surface area contributed by atoms with Crippen LogP contribution in [0, 0.1) is 10.1 Å². The number of Topliss-reactive ketones (excluding diaryl/α,β-unsaturated/α-hetero) is 1. The summed E-state index contributed by atoms with van der Waals surface area (Å²) in [5, 5.41) is 13.6. The van der Waals surface area contributed by atoms with E-state index >= 15 is 0 Å². The number of hydrogen-bond acceptors (Lipinski definition) is 6. The van der Waals surface area contributed by atoms with E-state index in [0.717, 1.165) is 6.08 Å². The van der Waals surface area contributed by atoms with Crippen molar-refractivity contribution in [2.75, 3.05) is 11.9 Å². The Balaban J connectivity index is 1.52. The van der Waals surface area contributed by atoms with Gasteiger partial charge in [-0.25, -0.2) is 4.79 Å². The average molecular weight is 465 g/mol. The van der Waals surface area contributed by atoms with Gasteiger partial charge in [0.1, 0.15) is 5.02 Å². The lowest BCUT2D eigenvalue weighted by Crippen LogP contribution is -2.13. The summed E-state index contributed by atoms with van der Waals surface area (Å²) in [4.78, 5) is 46.6. The van der Waals surface area contributed by atoms with E-state index in [0.29, 0.717) is 22.4 Å². The minimum Gasteiger partial charge on any atom is -0.454 e. The zero-order valence-electron chi connectivity index (χ0n) is 17.1. The van der Waals surface area contributed by atoms with E-state index in [4.69, 9.17) is 16.3 Å². The molecule has 0 aliphatic heterocycles. The van der Waals surface area contributed by atoms with Crippen molar-refractivity contribution in [3.8, 4) is 0 Å². The summed E-state index contributed by atoms with van der Waals surface area (Å²) in [6, 6.07) is 18.9. The van der Waals surface area contributed by atoms with E-state index in [1.165, 1.54) is 36.4 Å². The van der Waals surface area contributed by atoms with Gasteiger partial charge >= 0.3 is 5.97 Å². The fourth-order valence-electron chi connectivity index (χ4n) is 2.74. The predicted molar refractivity (Wildman–Crippen MR) is 123 cm³/mol. The fraction of sp³-hybridized carbons (Fsp3) is 0.0417. The first-order valence-electron chi connectivity index (χ1n) is 9.62. The third kappa shape index (κ3) is 6.59. The molecule has 33 heavy (non-hydrogen) atoms. The van der Waals surface area contributed by atoms with Crippen molar-refractivity contribution in [3.63, 3.8) is 0 Å². The first kappa shape index (κ1) is 23.4. The highest BCUT2D eigenvalue weighted by molar-refractivity contribution is 6.32.